The largest absolute Gasteiger partial charge is 0.309 e. The van der Waals surface area contributed by atoms with Crippen molar-refractivity contribution in [1.82, 2.24) is 29.1 Å². The van der Waals surface area contributed by atoms with E-state index in [1.807, 2.05) is 79.8 Å². The Balaban J connectivity index is 1.52. The monoisotopic (exact) mass is 494 g/mol. The van der Waals surface area contributed by atoms with Crippen molar-refractivity contribution in [3.05, 3.63) is 104 Å². The van der Waals surface area contributed by atoms with Gasteiger partial charge in [-0.05, 0) is 61.7 Å². The Morgan fingerprint density at radius 2 is 1.61 bits per heavy atom. The van der Waals surface area contributed by atoms with Crippen molar-refractivity contribution < 1.29 is 0 Å². The third-order valence-electron chi connectivity index (χ3n) is 6.54. The minimum Gasteiger partial charge on any atom is -0.309 e. The van der Waals surface area contributed by atoms with E-state index in [1.54, 1.807) is 10.6 Å². The Kier molecular flexibility index (Phi) is 5.22. The zero-order valence-corrected chi connectivity index (χ0v) is 20.8. The van der Waals surface area contributed by atoms with E-state index >= 15 is 0 Å². The highest BCUT2D eigenvalue weighted by molar-refractivity contribution is 7.98. The topological polar surface area (TPSA) is 97.9 Å². The molecule has 0 unspecified atom stereocenters. The lowest BCUT2D eigenvalue weighted by Crippen LogP contribution is -2.22. The Morgan fingerprint density at radius 3 is 2.47 bits per heavy atom. The van der Waals surface area contributed by atoms with Crippen LogP contribution in [0.2, 0.25) is 0 Å². The van der Waals surface area contributed by atoms with Gasteiger partial charge in [-0.1, -0.05) is 48.2 Å². The Labute approximate surface area is 209 Å². The van der Waals surface area contributed by atoms with Crippen molar-refractivity contribution in [3.63, 3.8) is 0 Å². The highest BCUT2D eigenvalue weighted by Gasteiger charge is 2.19. The zero-order chi connectivity index (χ0) is 25.0. The average molecular weight is 495 g/mol. The molecule has 3 heterocycles. The number of aromatic amines is 1. The second-order valence-electron chi connectivity index (χ2n) is 8.77. The van der Waals surface area contributed by atoms with E-state index in [0.29, 0.717) is 38.8 Å². The van der Waals surface area contributed by atoms with Crippen LogP contribution in [0, 0.1) is 20.8 Å². The lowest BCUT2D eigenvalue weighted by atomic mass is 10.1. The van der Waals surface area contributed by atoms with Crippen molar-refractivity contribution in [2.24, 2.45) is 0 Å². The fraction of sp³-hybridized carbons (Fsp3) is 0.148. The van der Waals surface area contributed by atoms with E-state index in [1.165, 1.54) is 11.8 Å². The maximum Gasteiger partial charge on any atom is 0.267 e. The highest BCUT2D eigenvalue weighted by Crippen LogP contribution is 2.26. The molecule has 178 valence electrons. The number of fused-ring (bicyclic) bond motifs is 4. The number of para-hydroxylation sites is 2. The average Bonchev–Trinajstić information content (AvgIpc) is 3.30. The molecule has 9 heteroatoms. The number of nitrogens with zero attached hydrogens (tertiary/aromatic N) is 5. The molecule has 0 fully saturated rings. The van der Waals surface area contributed by atoms with Gasteiger partial charge in [0.1, 0.15) is 5.82 Å². The summed E-state index contributed by atoms with van der Waals surface area (Å²) in [6.45, 7) is 5.96. The molecule has 0 saturated carbocycles. The van der Waals surface area contributed by atoms with Gasteiger partial charge in [-0.3, -0.25) is 14.0 Å². The number of benzene rings is 3. The SMILES string of the molecule is Cc1cccc(-n2c(=O)c3ccccc3n3c(SCc4nc5c(C)cccc5c(=O)[nH]4)nnc23)c1C. The maximum atomic E-state index is 13.6. The molecule has 36 heavy (non-hydrogen) atoms. The van der Waals surface area contributed by atoms with Gasteiger partial charge in [0.05, 0.1) is 33.2 Å². The van der Waals surface area contributed by atoms with Crippen LogP contribution in [0.15, 0.2) is 75.4 Å². The normalized spacial score (nSPS) is 11.6. The Morgan fingerprint density at radius 1 is 0.861 bits per heavy atom. The van der Waals surface area contributed by atoms with Gasteiger partial charge in [-0.15, -0.1) is 10.2 Å². The van der Waals surface area contributed by atoms with Crippen LogP contribution in [0.3, 0.4) is 0 Å². The molecule has 0 aliphatic rings. The van der Waals surface area contributed by atoms with E-state index in [2.05, 4.69) is 20.2 Å². The van der Waals surface area contributed by atoms with Gasteiger partial charge in [-0.25, -0.2) is 9.55 Å². The molecule has 0 atom stereocenters. The summed E-state index contributed by atoms with van der Waals surface area (Å²) in [5, 5.41) is 10.6. The number of thioether (sulfide) groups is 1. The summed E-state index contributed by atoms with van der Waals surface area (Å²) in [6, 6.07) is 18.9. The fourth-order valence-electron chi connectivity index (χ4n) is 4.52. The third kappa shape index (κ3) is 3.43. The molecular weight excluding hydrogens is 472 g/mol. The summed E-state index contributed by atoms with van der Waals surface area (Å²) in [5.74, 6) is 1.37. The molecule has 3 aromatic carbocycles. The molecule has 0 amide bonds. The van der Waals surface area contributed by atoms with E-state index in [9.17, 15) is 9.59 Å². The molecule has 1 N–H and O–H groups in total. The quantitative estimate of drug-likeness (QED) is 0.363. The first kappa shape index (κ1) is 22.2. The molecule has 0 radical (unpaired) electrons. The molecule has 0 aliphatic heterocycles. The predicted molar refractivity (Wildman–Crippen MR) is 142 cm³/mol. The summed E-state index contributed by atoms with van der Waals surface area (Å²) < 4.78 is 3.52. The van der Waals surface area contributed by atoms with Crippen molar-refractivity contribution in [3.8, 4) is 5.69 Å². The smallest absolute Gasteiger partial charge is 0.267 e. The third-order valence-corrected chi connectivity index (χ3v) is 7.48. The number of hydrogen-bond acceptors (Lipinski definition) is 6. The van der Waals surface area contributed by atoms with E-state index < -0.39 is 0 Å². The zero-order valence-electron chi connectivity index (χ0n) is 19.9. The van der Waals surface area contributed by atoms with Gasteiger partial charge in [0, 0.05) is 0 Å². The fourth-order valence-corrected chi connectivity index (χ4v) is 5.33. The minimum atomic E-state index is -0.167. The van der Waals surface area contributed by atoms with Crippen molar-refractivity contribution in [2.45, 2.75) is 31.7 Å². The van der Waals surface area contributed by atoms with Crippen LogP contribution in [0.5, 0.6) is 0 Å². The molecule has 0 saturated heterocycles. The summed E-state index contributed by atoms with van der Waals surface area (Å²) in [7, 11) is 0. The summed E-state index contributed by atoms with van der Waals surface area (Å²) >= 11 is 1.41. The van der Waals surface area contributed by atoms with Crippen LogP contribution in [-0.2, 0) is 5.75 Å². The molecule has 0 bridgehead atoms. The standard InChI is InChI=1S/C27H22N6O2S/c1-15-8-7-13-20(17(15)3)32-25(35)18-10-4-5-12-21(18)33-26(32)30-31-27(33)36-14-22-28-23-16(2)9-6-11-19(23)24(34)29-22/h4-13H,14H2,1-3H3,(H,28,29,34). The van der Waals surface area contributed by atoms with Gasteiger partial charge < -0.3 is 4.98 Å². The second kappa shape index (κ2) is 8.46. The first-order chi connectivity index (χ1) is 17.4. The lowest BCUT2D eigenvalue weighted by Gasteiger charge is -2.14. The van der Waals surface area contributed by atoms with Gasteiger partial charge in [-0.2, -0.15) is 0 Å². The van der Waals surface area contributed by atoms with Crippen molar-refractivity contribution in [2.75, 3.05) is 0 Å². The Bertz CT molecular complexity index is 1940. The lowest BCUT2D eigenvalue weighted by molar-refractivity contribution is 0.924. The predicted octanol–water partition coefficient (Wildman–Crippen LogP) is 4.49. The van der Waals surface area contributed by atoms with Crippen LogP contribution in [0.25, 0.3) is 33.3 Å². The van der Waals surface area contributed by atoms with E-state index in [0.717, 1.165) is 27.9 Å². The molecule has 3 aromatic heterocycles. The maximum absolute atomic E-state index is 13.6. The van der Waals surface area contributed by atoms with Crippen LogP contribution >= 0.6 is 11.8 Å². The number of aromatic nitrogens is 6. The second-order valence-corrected chi connectivity index (χ2v) is 9.71. The van der Waals surface area contributed by atoms with Crippen LogP contribution in [-0.4, -0.2) is 29.1 Å². The molecule has 6 aromatic rings. The number of nitrogens with one attached hydrogen (secondary N) is 1. The summed E-state index contributed by atoms with van der Waals surface area (Å²) in [6.07, 6.45) is 0. The molecule has 6 rings (SSSR count). The molecule has 8 nitrogen and oxygen atoms in total. The molecular formula is C27H22N6O2S. The molecule has 0 spiro atoms. The number of rotatable bonds is 4. The summed E-state index contributed by atoms with van der Waals surface area (Å²) in [5.41, 5.74) is 4.91. The van der Waals surface area contributed by atoms with Gasteiger partial charge in [0.15, 0.2) is 5.16 Å². The van der Waals surface area contributed by atoms with Crippen LogP contribution < -0.4 is 11.1 Å². The Hall–Kier alpha value is -4.24. The van der Waals surface area contributed by atoms with Gasteiger partial charge in [0.2, 0.25) is 5.78 Å². The first-order valence-corrected chi connectivity index (χ1v) is 12.5. The van der Waals surface area contributed by atoms with Gasteiger partial charge in [0.25, 0.3) is 11.1 Å². The van der Waals surface area contributed by atoms with Crippen LogP contribution in [0.4, 0.5) is 0 Å². The van der Waals surface area contributed by atoms with Crippen molar-refractivity contribution in [1.29, 1.82) is 0 Å². The van der Waals surface area contributed by atoms with E-state index in [-0.39, 0.29) is 11.1 Å². The number of hydrogen-bond donors (Lipinski definition) is 1. The van der Waals surface area contributed by atoms with Crippen molar-refractivity contribution >= 4 is 39.3 Å². The molecule has 0 aliphatic carbocycles. The number of H-pyrrole nitrogens is 1. The van der Waals surface area contributed by atoms with E-state index in [4.69, 9.17) is 0 Å². The highest BCUT2D eigenvalue weighted by atomic mass is 32.2. The first-order valence-electron chi connectivity index (χ1n) is 11.5. The summed E-state index contributed by atoms with van der Waals surface area (Å²) in [4.78, 5) is 33.8. The van der Waals surface area contributed by atoms with Gasteiger partial charge >= 0.3 is 0 Å². The number of aryl methyl sites for hydroxylation is 2. The van der Waals surface area contributed by atoms with Crippen LogP contribution in [0.1, 0.15) is 22.5 Å². The minimum absolute atomic E-state index is 0.147.